The largest absolute Gasteiger partial charge is 0.482 e. The molecule has 2 amide bonds. The van der Waals surface area contributed by atoms with Gasteiger partial charge in [0.2, 0.25) is 5.91 Å². The summed E-state index contributed by atoms with van der Waals surface area (Å²) in [5, 5.41) is 4.33. The Hall–Kier alpha value is -2.99. The molecule has 32 heavy (non-hydrogen) atoms. The monoisotopic (exact) mass is 486 g/mol. The fraction of sp³-hybridized carbons (Fsp3) is 0.0833. The molecule has 0 bridgehead atoms. The lowest BCUT2D eigenvalue weighted by Gasteiger charge is -2.30. The van der Waals surface area contributed by atoms with E-state index in [9.17, 15) is 9.59 Å². The molecule has 0 aliphatic carbocycles. The van der Waals surface area contributed by atoms with Crippen LogP contribution in [-0.2, 0) is 16.1 Å². The van der Waals surface area contributed by atoms with Gasteiger partial charge in [-0.2, -0.15) is 0 Å². The summed E-state index contributed by atoms with van der Waals surface area (Å²) in [5.74, 6) is 0.00740. The van der Waals surface area contributed by atoms with Gasteiger partial charge in [0, 0.05) is 26.8 Å². The van der Waals surface area contributed by atoms with Crippen LogP contribution in [0.2, 0.25) is 15.1 Å². The SMILES string of the molecule is O=C(/C=C/c1ccc(Cl)cc1Cl)Nc1ccc2c(c1)N(Cc1ccccc1Cl)C(=O)CO2. The van der Waals surface area contributed by atoms with Gasteiger partial charge in [-0.15, -0.1) is 0 Å². The standard InChI is InChI=1S/C24H17Cl3N2O3/c25-17-7-5-15(20(27)11-17)6-10-23(30)28-18-8-9-22-21(12-18)29(24(31)14-32-22)13-16-3-1-2-4-19(16)26/h1-12H,13-14H2,(H,28,30)/b10-6+. The molecular formula is C24H17Cl3N2O3. The number of rotatable bonds is 5. The van der Waals surface area contributed by atoms with Crippen LogP contribution >= 0.6 is 34.8 Å². The van der Waals surface area contributed by atoms with E-state index in [2.05, 4.69) is 5.32 Å². The summed E-state index contributed by atoms with van der Waals surface area (Å²) in [6.45, 7) is 0.231. The molecule has 5 nitrogen and oxygen atoms in total. The van der Waals surface area contributed by atoms with Crippen LogP contribution in [0.5, 0.6) is 5.75 Å². The number of carbonyl (C=O) groups is 2. The van der Waals surface area contributed by atoms with Crippen molar-refractivity contribution in [1.29, 1.82) is 0 Å². The van der Waals surface area contributed by atoms with Crippen molar-refractivity contribution in [2.75, 3.05) is 16.8 Å². The number of nitrogens with zero attached hydrogens (tertiary/aromatic N) is 1. The van der Waals surface area contributed by atoms with E-state index in [4.69, 9.17) is 39.5 Å². The predicted octanol–water partition coefficient (Wildman–Crippen LogP) is 6.22. The van der Waals surface area contributed by atoms with Crippen molar-refractivity contribution >= 4 is 64.1 Å². The zero-order valence-corrected chi connectivity index (χ0v) is 18.9. The number of halogens is 3. The number of carbonyl (C=O) groups excluding carboxylic acids is 2. The van der Waals surface area contributed by atoms with Gasteiger partial charge in [0.05, 0.1) is 12.2 Å². The van der Waals surface area contributed by atoms with Gasteiger partial charge in [-0.3, -0.25) is 9.59 Å². The minimum Gasteiger partial charge on any atom is -0.482 e. The van der Waals surface area contributed by atoms with Gasteiger partial charge in [-0.1, -0.05) is 59.1 Å². The topological polar surface area (TPSA) is 58.6 Å². The molecule has 3 aromatic rings. The maximum absolute atomic E-state index is 12.6. The molecule has 1 aliphatic rings. The highest BCUT2D eigenvalue weighted by atomic mass is 35.5. The maximum Gasteiger partial charge on any atom is 0.265 e. The highest BCUT2D eigenvalue weighted by Crippen LogP contribution is 2.36. The van der Waals surface area contributed by atoms with E-state index in [1.807, 2.05) is 18.2 Å². The van der Waals surface area contributed by atoms with Gasteiger partial charge in [0.1, 0.15) is 5.75 Å². The summed E-state index contributed by atoms with van der Waals surface area (Å²) in [4.78, 5) is 26.6. The predicted molar refractivity (Wildman–Crippen MR) is 129 cm³/mol. The van der Waals surface area contributed by atoms with Crippen molar-refractivity contribution in [3.63, 3.8) is 0 Å². The van der Waals surface area contributed by atoms with Crippen molar-refractivity contribution in [2.45, 2.75) is 6.54 Å². The number of ether oxygens (including phenoxy) is 1. The van der Waals surface area contributed by atoms with Gasteiger partial charge in [0.15, 0.2) is 6.61 Å². The Kier molecular flexibility index (Phi) is 6.70. The lowest BCUT2D eigenvalue weighted by Crippen LogP contribution is -2.38. The van der Waals surface area contributed by atoms with Crippen LogP contribution in [0, 0.1) is 0 Å². The Morgan fingerprint density at radius 2 is 1.84 bits per heavy atom. The molecule has 4 rings (SSSR count). The van der Waals surface area contributed by atoms with E-state index < -0.39 is 0 Å². The van der Waals surface area contributed by atoms with Crippen LogP contribution in [0.1, 0.15) is 11.1 Å². The van der Waals surface area contributed by atoms with Crippen LogP contribution in [0.4, 0.5) is 11.4 Å². The summed E-state index contributed by atoms with van der Waals surface area (Å²) in [6, 6.07) is 17.5. The van der Waals surface area contributed by atoms with E-state index in [1.165, 1.54) is 6.08 Å². The lowest BCUT2D eigenvalue weighted by atomic mass is 10.1. The smallest absolute Gasteiger partial charge is 0.265 e. The third kappa shape index (κ3) is 5.07. The normalized spacial score (nSPS) is 13.1. The lowest BCUT2D eigenvalue weighted by molar-refractivity contribution is -0.121. The molecule has 0 unspecified atom stereocenters. The molecular weight excluding hydrogens is 471 g/mol. The van der Waals surface area contributed by atoms with Crippen molar-refractivity contribution < 1.29 is 14.3 Å². The number of anilines is 2. The van der Waals surface area contributed by atoms with Gasteiger partial charge in [-0.05, 0) is 53.6 Å². The van der Waals surface area contributed by atoms with Crippen LogP contribution in [0.3, 0.4) is 0 Å². The minimum absolute atomic E-state index is 0.0618. The van der Waals surface area contributed by atoms with Crippen LogP contribution in [0.15, 0.2) is 66.7 Å². The van der Waals surface area contributed by atoms with E-state index in [1.54, 1.807) is 53.4 Å². The summed E-state index contributed by atoms with van der Waals surface area (Å²) in [6.07, 6.45) is 2.97. The third-order valence-corrected chi connectivity index (χ3v) is 5.76. The van der Waals surface area contributed by atoms with Crippen molar-refractivity contribution in [3.05, 3.63) is 92.9 Å². The van der Waals surface area contributed by atoms with Gasteiger partial charge in [0.25, 0.3) is 5.91 Å². The van der Waals surface area contributed by atoms with Crippen molar-refractivity contribution in [3.8, 4) is 5.75 Å². The first-order valence-corrected chi connectivity index (χ1v) is 10.8. The first-order chi connectivity index (χ1) is 15.4. The van der Waals surface area contributed by atoms with Crippen LogP contribution < -0.4 is 15.0 Å². The molecule has 8 heteroatoms. The second-order valence-electron chi connectivity index (χ2n) is 7.03. The highest BCUT2D eigenvalue weighted by molar-refractivity contribution is 6.35. The molecule has 0 spiro atoms. The summed E-state index contributed by atoms with van der Waals surface area (Å²) in [7, 11) is 0. The molecule has 1 aliphatic heterocycles. The van der Waals surface area contributed by atoms with Gasteiger partial charge >= 0.3 is 0 Å². The van der Waals surface area contributed by atoms with Crippen LogP contribution in [0.25, 0.3) is 6.08 Å². The van der Waals surface area contributed by atoms with E-state index >= 15 is 0 Å². The molecule has 0 fully saturated rings. The Bertz CT molecular complexity index is 1230. The number of hydrogen-bond donors (Lipinski definition) is 1. The average Bonchev–Trinajstić information content (AvgIpc) is 2.76. The molecule has 0 saturated carbocycles. The molecule has 162 valence electrons. The Morgan fingerprint density at radius 1 is 1.03 bits per heavy atom. The molecule has 3 aromatic carbocycles. The van der Waals surface area contributed by atoms with Gasteiger partial charge < -0.3 is 15.0 Å². The molecule has 0 atom stereocenters. The van der Waals surface area contributed by atoms with Crippen molar-refractivity contribution in [1.82, 2.24) is 0 Å². The molecule has 0 aromatic heterocycles. The minimum atomic E-state index is -0.350. The van der Waals surface area contributed by atoms with E-state index in [-0.39, 0.29) is 18.4 Å². The molecule has 0 saturated heterocycles. The average molecular weight is 488 g/mol. The second-order valence-corrected chi connectivity index (χ2v) is 8.28. The second kappa shape index (κ2) is 9.65. The number of benzene rings is 3. The number of nitrogens with one attached hydrogen (secondary N) is 1. The number of amides is 2. The summed E-state index contributed by atoms with van der Waals surface area (Å²) in [5.41, 5.74) is 2.56. The van der Waals surface area contributed by atoms with E-state index in [0.717, 1.165) is 5.56 Å². The number of fused-ring (bicyclic) bond motifs is 1. The molecule has 1 heterocycles. The quantitative estimate of drug-likeness (QED) is 0.434. The highest BCUT2D eigenvalue weighted by Gasteiger charge is 2.26. The van der Waals surface area contributed by atoms with Crippen LogP contribution in [-0.4, -0.2) is 18.4 Å². The zero-order valence-electron chi connectivity index (χ0n) is 16.6. The van der Waals surface area contributed by atoms with E-state index in [0.29, 0.717) is 44.3 Å². The Morgan fingerprint density at radius 3 is 2.62 bits per heavy atom. The Labute approximate surface area is 200 Å². The summed E-state index contributed by atoms with van der Waals surface area (Å²) < 4.78 is 5.55. The molecule has 0 radical (unpaired) electrons. The fourth-order valence-electron chi connectivity index (χ4n) is 3.24. The first kappa shape index (κ1) is 22.2. The Balaban J connectivity index is 1.53. The van der Waals surface area contributed by atoms with Gasteiger partial charge in [-0.25, -0.2) is 0 Å². The molecule has 1 N–H and O–H groups in total. The number of hydrogen-bond acceptors (Lipinski definition) is 3. The fourth-order valence-corrected chi connectivity index (χ4v) is 3.90. The third-order valence-electron chi connectivity index (χ3n) is 4.83. The van der Waals surface area contributed by atoms with Crippen molar-refractivity contribution in [2.24, 2.45) is 0 Å². The summed E-state index contributed by atoms with van der Waals surface area (Å²) >= 11 is 18.3. The maximum atomic E-state index is 12.6. The zero-order chi connectivity index (χ0) is 22.7. The first-order valence-electron chi connectivity index (χ1n) is 9.65.